The first kappa shape index (κ1) is 19.8. The molecule has 2 aromatic carbocycles. The van der Waals surface area contributed by atoms with Crippen molar-refractivity contribution in [1.29, 1.82) is 0 Å². The lowest BCUT2D eigenvalue weighted by molar-refractivity contribution is 0.0698. The topological polar surface area (TPSA) is 64.8 Å². The van der Waals surface area contributed by atoms with Crippen LogP contribution in [0.4, 0.5) is 0 Å². The van der Waals surface area contributed by atoms with E-state index in [0.29, 0.717) is 47.1 Å². The normalized spacial score (nSPS) is 16.8. The third-order valence-corrected chi connectivity index (χ3v) is 5.72. The Morgan fingerprint density at radius 1 is 1.34 bits per heavy atom. The second kappa shape index (κ2) is 8.45. The summed E-state index contributed by atoms with van der Waals surface area (Å²) in [6.45, 7) is 3.72. The number of ether oxygens (including phenoxy) is 2. The molecule has 4 rings (SSSR count). The molecule has 0 aliphatic carbocycles. The lowest BCUT2D eigenvalue weighted by Gasteiger charge is -2.31. The summed E-state index contributed by atoms with van der Waals surface area (Å²) in [5.74, 6) is 1.90. The van der Waals surface area contributed by atoms with Crippen molar-refractivity contribution < 1.29 is 18.7 Å². The number of piperidine rings is 1. The smallest absolute Gasteiger partial charge is 0.254 e. The Balaban J connectivity index is 1.56. The Morgan fingerprint density at radius 3 is 2.93 bits per heavy atom. The van der Waals surface area contributed by atoms with Gasteiger partial charge in [-0.05, 0) is 60.0 Å². The number of likely N-dealkylation sites (tertiary alicyclic amines) is 1. The van der Waals surface area contributed by atoms with Crippen molar-refractivity contribution in [3.63, 3.8) is 0 Å². The number of amides is 1. The van der Waals surface area contributed by atoms with E-state index in [9.17, 15) is 4.79 Å². The van der Waals surface area contributed by atoms with E-state index in [0.717, 1.165) is 23.9 Å². The zero-order chi connectivity index (χ0) is 20.4. The second-order valence-corrected chi connectivity index (χ2v) is 7.89. The van der Waals surface area contributed by atoms with Crippen LogP contribution in [0.1, 0.15) is 41.9 Å². The molecule has 7 heteroatoms. The van der Waals surface area contributed by atoms with Gasteiger partial charge in [0.2, 0.25) is 0 Å². The molecule has 1 aliphatic heterocycles. The van der Waals surface area contributed by atoms with Gasteiger partial charge in [-0.25, -0.2) is 4.98 Å². The fourth-order valence-corrected chi connectivity index (χ4v) is 4.29. The van der Waals surface area contributed by atoms with E-state index < -0.39 is 0 Å². The molecule has 3 aromatic rings. The van der Waals surface area contributed by atoms with Gasteiger partial charge < -0.3 is 18.8 Å². The number of rotatable bonds is 5. The maximum Gasteiger partial charge on any atom is 0.254 e. The fourth-order valence-electron chi connectivity index (χ4n) is 3.74. The summed E-state index contributed by atoms with van der Waals surface area (Å²) in [5, 5.41) is 0. The molecule has 152 valence electrons. The minimum atomic E-state index is -0.0344. The highest BCUT2D eigenvalue weighted by Gasteiger charge is 2.29. The monoisotopic (exact) mass is 458 g/mol. The Labute approximate surface area is 177 Å². The minimum absolute atomic E-state index is 0.0344. The molecule has 1 aromatic heterocycles. The molecule has 1 fully saturated rings. The van der Waals surface area contributed by atoms with E-state index in [1.165, 1.54) is 0 Å². The summed E-state index contributed by atoms with van der Waals surface area (Å²) < 4.78 is 17.7. The first-order valence-electron chi connectivity index (χ1n) is 9.75. The molecule has 0 N–H and O–H groups in total. The van der Waals surface area contributed by atoms with Gasteiger partial charge in [0.1, 0.15) is 5.52 Å². The number of carbonyl (C=O) groups excluding carboxylic acids is 1. The average molecular weight is 459 g/mol. The molecule has 1 atom stereocenters. The number of fused-ring (bicyclic) bond motifs is 1. The minimum Gasteiger partial charge on any atom is -0.493 e. The molecule has 0 bridgehead atoms. The lowest BCUT2D eigenvalue weighted by atomic mass is 9.97. The first-order chi connectivity index (χ1) is 14.1. The fraction of sp³-hybridized carbons (Fsp3) is 0.364. The van der Waals surface area contributed by atoms with Crippen LogP contribution in [0.25, 0.3) is 11.1 Å². The zero-order valence-electron chi connectivity index (χ0n) is 16.5. The number of oxazole rings is 1. The van der Waals surface area contributed by atoms with Crippen molar-refractivity contribution in [1.82, 2.24) is 9.88 Å². The lowest BCUT2D eigenvalue weighted by Crippen LogP contribution is -2.39. The number of methoxy groups -OCH3 is 1. The molecule has 1 aliphatic rings. The summed E-state index contributed by atoms with van der Waals surface area (Å²) >= 11 is 3.50. The number of aromatic nitrogens is 1. The Morgan fingerprint density at radius 2 is 2.17 bits per heavy atom. The standard InChI is InChI=1S/C22H23BrN2O4/c1-3-28-20-16(23)11-15(12-19(20)27-2)22(26)25-10-6-7-14(13-25)21-24-17-8-4-5-9-18(17)29-21/h4-5,8-9,11-12,14H,3,6-7,10,13H2,1-2H3. The van der Waals surface area contributed by atoms with Gasteiger partial charge in [-0.1, -0.05) is 12.1 Å². The van der Waals surface area contributed by atoms with Crippen LogP contribution < -0.4 is 9.47 Å². The molecular formula is C22H23BrN2O4. The Kier molecular flexibility index (Phi) is 5.76. The highest BCUT2D eigenvalue weighted by atomic mass is 79.9. The van der Waals surface area contributed by atoms with E-state index in [1.54, 1.807) is 19.2 Å². The highest BCUT2D eigenvalue weighted by Crippen LogP contribution is 2.37. The predicted molar refractivity (Wildman–Crippen MR) is 114 cm³/mol. The summed E-state index contributed by atoms with van der Waals surface area (Å²) in [5.41, 5.74) is 2.20. The SMILES string of the molecule is CCOc1c(Br)cc(C(=O)N2CCCC(c3nc4ccccc4o3)C2)cc1OC. The quantitative estimate of drug-likeness (QED) is 0.536. The molecule has 1 amide bonds. The van der Waals surface area contributed by atoms with Gasteiger partial charge in [-0.2, -0.15) is 0 Å². The van der Waals surface area contributed by atoms with E-state index >= 15 is 0 Å². The van der Waals surface area contributed by atoms with Crippen LogP contribution in [-0.4, -0.2) is 42.6 Å². The molecule has 0 saturated carbocycles. The van der Waals surface area contributed by atoms with Gasteiger partial charge in [-0.15, -0.1) is 0 Å². The van der Waals surface area contributed by atoms with Crippen molar-refractivity contribution in [2.45, 2.75) is 25.7 Å². The Hall–Kier alpha value is -2.54. The van der Waals surface area contributed by atoms with E-state index in [1.807, 2.05) is 36.1 Å². The van der Waals surface area contributed by atoms with Gasteiger partial charge in [0.25, 0.3) is 5.91 Å². The molecule has 29 heavy (non-hydrogen) atoms. The van der Waals surface area contributed by atoms with Gasteiger partial charge in [0, 0.05) is 18.7 Å². The molecule has 2 heterocycles. The molecule has 0 radical (unpaired) electrons. The van der Waals surface area contributed by atoms with Crippen LogP contribution in [0.2, 0.25) is 0 Å². The molecule has 1 unspecified atom stereocenters. The summed E-state index contributed by atoms with van der Waals surface area (Å²) in [6, 6.07) is 11.3. The Bertz CT molecular complexity index is 1000. The number of hydrogen-bond donors (Lipinski definition) is 0. The molecule has 1 saturated heterocycles. The maximum atomic E-state index is 13.2. The van der Waals surface area contributed by atoms with Crippen LogP contribution in [0.3, 0.4) is 0 Å². The van der Waals surface area contributed by atoms with Gasteiger partial charge in [0.15, 0.2) is 23.0 Å². The van der Waals surface area contributed by atoms with Crippen LogP contribution in [-0.2, 0) is 0 Å². The van der Waals surface area contributed by atoms with Crippen molar-refractivity contribution in [2.24, 2.45) is 0 Å². The van der Waals surface area contributed by atoms with Crippen LogP contribution >= 0.6 is 15.9 Å². The average Bonchev–Trinajstić information content (AvgIpc) is 3.19. The molecule has 0 spiro atoms. The van der Waals surface area contributed by atoms with Crippen molar-refractivity contribution in [2.75, 3.05) is 26.8 Å². The number of carbonyl (C=O) groups is 1. The van der Waals surface area contributed by atoms with Crippen LogP contribution in [0, 0.1) is 0 Å². The highest BCUT2D eigenvalue weighted by molar-refractivity contribution is 9.10. The third-order valence-electron chi connectivity index (χ3n) is 5.13. The number of para-hydroxylation sites is 2. The van der Waals surface area contributed by atoms with Gasteiger partial charge in [-0.3, -0.25) is 4.79 Å². The number of halogens is 1. The third kappa shape index (κ3) is 3.96. The number of hydrogen-bond acceptors (Lipinski definition) is 5. The summed E-state index contributed by atoms with van der Waals surface area (Å²) in [7, 11) is 1.57. The van der Waals surface area contributed by atoms with E-state index in [4.69, 9.17) is 13.9 Å². The van der Waals surface area contributed by atoms with E-state index in [2.05, 4.69) is 20.9 Å². The van der Waals surface area contributed by atoms with Crippen molar-refractivity contribution in [3.05, 3.63) is 52.3 Å². The van der Waals surface area contributed by atoms with Gasteiger partial charge in [0.05, 0.1) is 24.1 Å². The predicted octanol–water partition coefficient (Wildman–Crippen LogP) is 5.02. The summed E-state index contributed by atoms with van der Waals surface area (Å²) in [6.07, 6.45) is 1.86. The largest absolute Gasteiger partial charge is 0.493 e. The van der Waals surface area contributed by atoms with Crippen molar-refractivity contribution >= 4 is 32.9 Å². The van der Waals surface area contributed by atoms with Crippen LogP contribution in [0.5, 0.6) is 11.5 Å². The summed E-state index contributed by atoms with van der Waals surface area (Å²) in [4.78, 5) is 19.7. The zero-order valence-corrected chi connectivity index (χ0v) is 18.1. The number of nitrogens with zero attached hydrogens (tertiary/aromatic N) is 2. The van der Waals surface area contributed by atoms with E-state index in [-0.39, 0.29) is 11.8 Å². The second-order valence-electron chi connectivity index (χ2n) is 7.03. The first-order valence-corrected chi connectivity index (χ1v) is 10.5. The molecule has 6 nitrogen and oxygen atoms in total. The maximum absolute atomic E-state index is 13.2. The van der Waals surface area contributed by atoms with Crippen molar-refractivity contribution in [3.8, 4) is 11.5 Å². The van der Waals surface area contributed by atoms with Gasteiger partial charge >= 0.3 is 0 Å². The van der Waals surface area contributed by atoms with Crippen LogP contribution in [0.15, 0.2) is 45.3 Å². The molecular weight excluding hydrogens is 436 g/mol. The number of benzene rings is 2.